The van der Waals surface area contributed by atoms with Crippen molar-refractivity contribution in [2.45, 2.75) is 11.4 Å². The topological polar surface area (TPSA) is 149 Å². The molecule has 0 saturated heterocycles. The van der Waals surface area contributed by atoms with Gasteiger partial charge in [-0.3, -0.25) is 0 Å². The fraction of sp³-hybridized carbons (Fsp3) is 0.0833. The lowest BCUT2D eigenvalue weighted by Crippen LogP contribution is -2.17. The highest BCUT2D eigenvalue weighted by Crippen LogP contribution is 2.27. The Bertz CT molecular complexity index is 768. The molecular formula is C12H13N3O5S. The molecule has 0 aliphatic carbocycles. The Hall–Kier alpha value is -2.52. The summed E-state index contributed by atoms with van der Waals surface area (Å²) in [5.74, 6) is -0.772. The minimum atomic E-state index is -4.11. The lowest BCUT2D eigenvalue weighted by molar-refractivity contribution is 0.0698. The number of furan rings is 1. The lowest BCUT2D eigenvalue weighted by atomic mass is 10.1. The number of sulfonamides is 1. The number of aromatic carboxylic acids is 1. The van der Waals surface area contributed by atoms with E-state index in [0.29, 0.717) is 5.76 Å². The van der Waals surface area contributed by atoms with Gasteiger partial charge in [-0.25, -0.2) is 18.4 Å². The molecule has 2 rings (SSSR count). The van der Waals surface area contributed by atoms with E-state index in [4.69, 9.17) is 20.4 Å². The largest absolute Gasteiger partial charge is 0.478 e. The summed E-state index contributed by atoms with van der Waals surface area (Å²) in [6.07, 6.45) is 1.47. The highest BCUT2D eigenvalue weighted by atomic mass is 32.2. The fourth-order valence-electron chi connectivity index (χ4n) is 1.75. The third-order valence-corrected chi connectivity index (χ3v) is 3.67. The summed E-state index contributed by atoms with van der Waals surface area (Å²) < 4.78 is 28.3. The van der Waals surface area contributed by atoms with Crippen LogP contribution in [0.3, 0.4) is 0 Å². The number of benzene rings is 1. The molecule has 112 valence electrons. The number of hydrogen-bond acceptors (Lipinski definition) is 6. The number of nitrogen functional groups attached to an aromatic ring is 1. The van der Waals surface area contributed by atoms with E-state index >= 15 is 0 Å². The normalized spacial score (nSPS) is 11.3. The number of hydrogen-bond donors (Lipinski definition) is 4. The minimum absolute atomic E-state index is 0.0724. The SMILES string of the molecule is Nc1cc(NCc2ccco2)c(S(N)(=O)=O)cc1C(=O)O. The zero-order valence-corrected chi connectivity index (χ0v) is 11.6. The van der Waals surface area contributed by atoms with Crippen molar-refractivity contribution in [3.63, 3.8) is 0 Å². The van der Waals surface area contributed by atoms with Crippen LogP contribution in [0.25, 0.3) is 0 Å². The zero-order valence-electron chi connectivity index (χ0n) is 10.7. The molecular weight excluding hydrogens is 298 g/mol. The molecule has 0 amide bonds. The van der Waals surface area contributed by atoms with Crippen molar-refractivity contribution in [2.24, 2.45) is 5.14 Å². The molecule has 1 aromatic carbocycles. The van der Waals surface area contributed by atoms with Gasteiger partial charge in [0.15, 0.2) is 0 Å². The summed E-state index contributed by atoms with van der Waals surface area (Å²) in [7, 11) is -4.11. The molecule has 0 aliphatic rings. The van der Waals surface area contributed by atoms with Crippen molar-refractivity contribution in [2.75, 3.05) is 11.1 Å². The van der Waals surface area contributed by atoms with Crippen molar-refractivity contribution < 1.29 is 22.7 Å². The molecule has 0 fully saturated rings. The Kier molecular flexibility index (Phi) is 3.87. The van der Waals surface area contributed by atoms with Gasteiger partial charge in [0.1, 0.15) is 10.7 Å². The quantitative estimate of drug-likeness (QED) is 0.597. The van der Waals surface area contributed by atoms with Crippen LogP contribution in [0.15, 0.2) is 39.8 Å². The number of anilines is 2. The zero-order chi connectivity index (χ0) is 15.6. The van der Waals surface area contributed by atoms with Gasteiger partial charge in [0.25, 0.3) is 0 Å². The summed E-state index contributed by atoms with van der Waals surface area (Å²) in [5.41, 5.74) is 5.31. The molecule has 0 atom stereocenters. The first-order valence-corrected chi connectivity index (χ1v) is 7.29. The maximum Gasteiger partial charge on any atom is 0.337 e. The highest BCUT2D eigenvalue weighted by Gasteiger charge is 2.20. The Morgan fingerprint density at radius 1 is 1.38 bits per heavy atom. The van der Waals surface area contributed by atoms with Crippen LogP contribution >= 0.6 is 0 Å². The molecule has 0 unspecified atom stereocenters. The molecule has 8 nitrogen and oxygen atoms in total. The summed E-state index contributed by atoms with van der Waals surface area (Å²) in [6.45, 7) is 0.196. The molecule has 0 aliphatic heterocycles. The van der Waals surface area contributed by atoms with Gasteiger partial charge in [-0.2, -0.15) is 0 Å². The van der Waals surface area contributed by atoms with E-state index in [9.17, 15) is 13.2 Å². The predicted octanol–water partition coefficient (Wildman–Crippen LogP) is 0.819. The Morgan fingerprint density at radius 2 is 2.10 bits per heavy atom. The molecule has 1 heterocycles. The van der Waals surface area contributed by atoms with Crippen molar-refractivity contribution in [1.82, 2.24) is 0 Å². The van der Waals surface area contributed by atoms with Crippen LogP contribution in [-0.2, 0) is 16.6 Å². The standard InChI is InChI=1S/C12H13N3O5S/c13-9-5-10(15-6-7-2-1-3-20-7)11(21(14,18)19)4-8(9)12(16)17/h1-5,15H,6,13H2,(H,16,17)(H2,14,18,19). The van der Waals surface area contributed by atoms with E-state index < -0.39 is 16.0 Å². The number of nitrogens with two attached hydrogens (primary N) is 2. The first kappa shape index (κ1) is 14.9. The summed E-state index contributed by atoms with van der Waals surface area (Å²) in [4.78, 5) is 10.7. The average molecular weight is 311 g/mol. The Morgan fingerprint density at radius 3 is 2.62 bits per heavy atom. The monoisotopic (exact) mass is 311 g/mol. The van der Waals surface area contributed by atoms with Gasteiger partial charge < -0.3 is 20.6 Å². The predicted molar refractivity (Wildman–Crippen MR) is 75.2 cm³/mol. The molecule has 6 N–H and O–H groups in total. The second kappa shape index (κ2) is 5.46. The number of rotatable bonds is 5. The minimum Gasteiger partial charge on any atom is -0.478 e. The van der Waals surface area contributed by atoms with Crippen molar-refractivity contribution in [3.05, 3.63) is 41.9 Å². The molecule has 2 aromatic rings. The smallest absolute Gasteiger partial charge is 0.337 e. The molecule has 9 heteroatoms. The van der Waals surface area contributed by atoms with Crippen LogP contribution in [-0.4, -0.2) is 19.5 Å². The van der Waals surface area contributed by atoms with Gasteiger partial charge in [-0.05, 0) is 24.3 Å². The molecule has 0 saturated carbocycles. The second-order valence-corrected chi connectivity index (χ2v) is 5.75. The molecule has 1 aromatic heterocycles. The highest BCUT2D eigenvalue weighted by molar-refractivity contribution is 7.89. The number of nitrogens with one attached hydrogen (secondary N) is 1. The number of carboxylic acid groups (broad SMARTS) is 1. The van der Waals surface area contributed by atoms with E-state index in [0.717, 1.165) is 6.07 Å². The van der Waals surface area contributed by atoms with E-state index in [2.05, 4.69) is 5.32 Å². The Balaban J connectivity index is 2.43. The van der Waals surface area contributed by atoms with Gasteiger partial charge in [0.05, 0.1) is 24.1 Å². The van der Waals surface area contributed by atoms with Crippen LogP contribution in [0.5, 0.6) is 0 Å². The van der Waals surface area contributed by atoms with Gasteiger partial charge in [-0.1, -0.05) is 0 Å². The van der Waals surface area contributed by atoms with Crippen LogP contribution < -0.4 is 16.2 Å². The van der Waals surface area contributed by atoms with Crippen molar-refractivity contribution in [3.8, 4) is 0 Å². The average Bonchev–Trinajstić information content (AvgIpc) is 2.87. The van der Waals surface area contributed by atoms with Gasteiger partial charge in [0.2, 0.25) is 10.0 Å². The summed E-state index contributed by atoms with van der Waals surface area (Å²) >= 11 is 0. The number of carboxylic acids is 1. The second-order valence-electron chi connectivity index (χ2n) is 4.22. The number of carbonyl (C=O) groups is 1. The molecule has 0 bridgehead atoms. The number of primary sulfonamides is 1. The van der Waals surface area contributed by atoms with E-state index in [1.165, 1.54) is 12.3 Å². The third-order valence-electron chi connectivity index (χ3n) is 2.72. The third kappa shape index (κ3) is 3.33. The first-order valence-electron chi connectivity index (χ1n) is 5.75. The van der Waals surface area contributed by atoms with Gasteiger partial charge in [-0.15, -0.1) is 0 Å². The molecule has 0 spiro atoms. The van der Waals surface area contributed by atoms with E-state index in [1.54, 1.807) is 12.1 Å². The fourth-order valence-corrected chi connectivity index (χ4v) is 2.47. The van der Waals surface area contributed by atoms with Crippen LogP contribution in [0, 0.1) is 0 Å². The molecule has 21 heavy (non-hydrogen) atoms. The van der Waals surface area contributed by atoms with Gasteiger partial charge in [0, 0.05) is 5.69 Å². The van der Waals surface area contributed by atoms with Crippen molar-refractivity contribution in [1.29, 1.82) is 0 Å². The maximum atomic E-state index is 11.6. The maximum absolute atomic E-state index is 11.6. The van der Waals surface area contributed by atoms with Crippen LogP contribution in [0.1, 0.15) is 16.1 Å². The first-order chi connectivity index (χ1) is 9.79. The van der Waals surface area contributed by atoms with Crippen molar-refractivity contribution >= 4 is 27.4 Å². The van der Waals surface area contributed by atoms with Crippen LogP contribution in [0.2, 0.25) is 0 Å². The van der Waals surface area contributed by atoms with Gasteiger partial charge >= 0.3 is 5.97 Å². The van der Waals surface area contributed by atoms with E-state index in [1.807, 2.05) is 0 Å². The lowest BCUT2D eigenvalue weighted by Gasteiger charge is -2.12. The Labute approximate surface area is 120 Å². The summed E-state index contributed by atoms with van der Waals surface area (Å²) in [5, 5.41) is 16.9. The summed E-state index contributed by atoms with van der Waals surface area (Å²) in [6, 6.07) is 5.52. The van der Waals surface area contributed by atoms with E-state index in [-0.39, 0.29) is 28.4 Å². The molecule has 0 radical (unpaired) electrons. The van der Waals surface area contributed by atoms with Crippen LogP contribution in [0.4, 0.5) is 11.4 Å².